The average molecular weight is 347 g/mol. The molecule has 1 N–H and O–H groups in total. The van der Waals surface area contributed by atoms with Crippen molar-refractivity contribution >= 4 is 17.7 Å². The lowest BCUT2D eigenvalue weighted by Gasteiger charge is -2.26. The van der Waals surface area contributed by atoms with E-state index >= 15 is 0 Å². The number of aryl methyl sites for hydroxylation is 1. The molecular formula is C17H18FN3O2S. The van der Waals surface area contributed by atoms with Crippen molar-refractivity contribution < 1.29 is 9.18 Å². The van der Waals surface area contributed by atoms with Crippen LogP contribution in [0.1, 0.15) is 41.9 Å². The van der Waals surface area contributed by atoms with E-state index < -0.39 is 0 Å². The van der Waals surface area contributed by atoms with Crippen molar-refractivity contribution in [1.29, 1.82) is 0 Å². The summed E-state index contributed by atoms with van der Waals surface area (Å²) >= 11 is 1.47. The monoisotopic (exact) mass is 347 g/mol. The van der Waals surface area contributed by atoms with Crippen LogP contribution in [0, 0.1) is 5.82 Å². The smallest absolute Gasteiger partial charge is 0.272 e. The van der Waals surface area contributed by atoms with E-state index in [9.17, 15) is 14.0 Å². The quantitative estimate of drug-likeness (QED) is 0.924. The number of carbonyl (C=O) groups excluding carboxylic acids is 1. The Labute approximate surface area is 143 Å². The van der Waals surface area contributed by atoms with Crippen molar-refractivity contribution in [3.8, 4) is 0 Å². The molecule has 1 amide bonds. The molecule has 1 aliphatic heterocycles. The molecule has 0 saturated carbocycles. The van der Waals surface area contributed by atoms with Crippen LogP contribution >= 0.6 is 11.8 Å². The predicted molar refractivity (Wildman–Crippen MR) is 90.7 cm³/mol. The second-order valence-corrected chi connectivity index (χ2v) is 6.71. The van der Waals surface area contributed by atoms with Crippen LogP contribution in [0.15, 0.2) is 40.0 Å². The summed E-state index contributed by atoms with van der Waals surface area (Å²) in [6, 6.07) is 7.44. The summed E-state index contributed by atoms with van der Waals surface area (Å²) in [5.41, 5.74) is 0.760. The number of nitrogens with one attached hydrogen (secondary N) is 1. The van der Waals surface area contributed by atoms with Gasteiger partial charge in [-0.25, -0.2) is 9.07 Å². The van der Waals surface area contributed by atoms with Gasteiger partial charge in [0.25, 0.3) is 11.5 Å². The van der Waals surface area contributed by atoms with Gasteiger partial charge in [0.15, 0.2) is 0 Å². The second-order valence-electron chi connectivity index (χ2n) is 5.60. The van der Waals surface area contributed by atoms with E-state index in [1.807, 2.05) is 13.0 Å². The van der Waals surface area contributed by atoms with Crippen LogP contribution in [0.2, 0.25) is 0 Å². The molecule has 0 saturated heterocycles. The summed E-state index contributed by atoms with van der Waals surface area (Å²) in [6.45, 7) is 2.40. The van der Waals surface area contributed by atoms with E-state index in [0.29, 0.717) is 11.4 Å². The predicted octanol–water partition coefficient (Wildman–Crippen LogP) is 2.76. The highest BCUT2D eigenvalue weighted by Crippen LogP contribution is 2.37. The van der Waals surface area contributed by atoms with Crippen LogP contribution in [-0.2, 0) is 6.54 Å². The summed E-state index contributed by atoms with van der Waals surface area (Å²) < 4.78 is 15.2. The fourth-order valence-corrected chi connectivity index (χ4v) is 3.85. The van der Waals surface area contributed by atoms with Gasteiger partial charge >= 0.3 is 0 Å². The van der Waals surface area contributed by atoms with E-state index in [4.69, 9.17) is 0 Å². The molecule has 1 atom stereocenters. The Morgan fingerprint density at radius 2 is 2.25 bits per heavy atom. The van der Waals surface area contributed by atoms with Gasteiger partial charge in [0.05, 0.1) is 6.04 Å². The van der Waals surface area contributed by atoms with Crippen LogP contribution in [0.4, 0.5) is 4.39 Å². The summed E-state index contributed by atoms with van der Waals surface area (Å²) in [6.07, 6.45) is 1.48. The summed E-state index contributed by atoms with van der Waals surface area (Å²) in [5, 5.41) is 7.02. The van der Waals surface area contributed by atoms with Crippen LogP contribution in [0.3, 0.4) is 0 Å². The van der Waals surface area contributed by atoms with Gasteiger partial charge in [0.2, 0.25) is 0 Å². The topological polar surface area (TPSA) is 64.0 Å². The molecule has 0 spiro atoms. The maximum atomic E-state index is 13.9. The first-order valence-corrected chi connectivity index (χ1v) is 8.89. The number of thioether (sulfide) groups is 1. The maximum Gasteiger partial charge on any atom is 0.272 e. The third-order valence-electron chi connectivity index (χ3n) is 3.87. The molecule has 0 radical (unpaired) electrons. The SMILES string of the molecule is CCCn1nc(C(=O)NC2CCSc3c(F)cccc32)ccc1=O. The standard InChI is InChI=1S/C17H18FN3O2S/c1-2-9-21-15(22)7-6-14(20-21)17(23)19-13-8-10-24-16-11(13)4-3-5-12(16)18/h3-7,13H,2,8-10H2,1H3,(H,19,23). The normalized spacial score (nSPS) is 16.5. The van der Waals surface area contributed by atoms with Gasteiger partial charge < -0.3 is 5.32 Å². The molecule has 1 aromatic heterocycles. The molecule has 5 nitrogen and oxygen atoms in total. The van der Waals surface area contributed by atoms with Crippen molar-refractivity contribution in [2.45, 2.75) is 37.2 Å². The molecule has 1 unspecified atom stereocenters. The highest BCUT2D eigenvalue weighted by atomic mass is 32.2. The molecule has 0 aliphatic carbocycles. The number of amides is 1. The van der Waals surface area contributed by atoms with E-state index in [2.05, 4.69) is 10.4 Å². The Bertz CT molecular complexity index is 822. The Kier molecular flexibility index (Phi) is 4.99. The summed E-state index contributed by atoms with van der Waals surface area (Å²) in [5.74, 6) is 0.125. The fourth-order valence-electron chi connectivity index (χ4n) is 2.71. The van der Waals surface area contributed by atoms with Crippen LogP contribution in [0.25, 0.3) is 0 Å². The molecule has 24 heavy (non-hydrogen) atoms. The number of halogens is 1. The van der Waals surface area contributed by atoms with Gasteiger partial charge in [-0.1, -0.05) is 19.1 Å². The van der Waals surface area contributed by atoms with Gasteiger partial charge in [-0.05, 0) is 30.5 Å². The van der Waals surface area contributed by atoms with Crippen molar-refractivity contribution in [3.05, 3.63) is 57.8 Å². The number of aromatic nitrogens is 2. The second kappa shape index (κ2) is 7.17. The lowest BCUT2D eigenvalue weighted by atomic mass is 10.0. The minimum absolute atomic E-state index is 0.194. The molecule has 126 valence electrons. The van der Waals surface area contributed by atoms with Crippen molar-refractivity contribution in [3.63, 3.8) is 0 Å². The minimum Gasteiger partial charge on any atom is -0.344 e. The van der Waals surface area contributed by atoms with Crippen LogP contribution in [-0.4, -0.2) is 21.4 Å². The third-order valence-corrected chi connectivity index (χ3v) is 5.02. The highest BCUT2D eigenvalue weighted by Gasteiger charge is 2.25. The first-order valence-electron chi connectivity index (χ1n) is 7.90. The molecule has 2 aromatic rings. The first-order chi connectivity index (χ1) is 11.6. The average Bonchev–Trinajstić information content (AvgIpc) is 2.58. The lowest BCUT2D eigenvalue weighted by molar-refractivity contribution is 0.0927. The number of nitrogens with zero attached hydrogens (tertiary/aromatic N) is 2. The number of benzene rings is 1. The van der Waals surface area contributed by atoms with Crippen molar-refractivity contribution in [2.24, 2.45) is 0 Å². The largest absolute Gasteiger partial charge is 0.344 e. The number of rotatable bonds is 4. The van der Waals surface area contributed by atoms with Crippen LogP contribution < -0.4 is 10.9 Å². The van der Waals surface area contributed by atoms with Gasteiger partial charge in [-0.2, -0.15) is 5.10 Å². The van der Waals surface area contributed by atoms with E-state index in [1.165, 1.54) is 34.6 Å². The lowest BCUT2D eigenvalue weighted by Crippen LogP contribution is -2.33. The van der Waals surface area contributed by atoms with Crippen LogP contribution in [0.5, 0.6) is 0 Å². The Morgan fingerprint density at radius 3 is 3.04 bits per heavy atom. The number of fused-ring (bicyclic) bond motifs is 1. The first kappa shape index (κ1) is 16.7. The van der Waals surface area contributed by atoms with Gasteiger partial charge in [0, 0.05) is 23.3 Å². The zero-order valence-electron chi connectivity index (χ0n) is 13.3. The third kappa shape index (κ3) is 3.36. The number of hydrogen-bond acceptors (Lipinski definition) is 4. The Balaban J connectivity index is 1.83. The molecule has 0 fully saturated rings. The molecule has 7 heteroatoms. The van der Waals surface area contributed by atoms with Gasteiger partial charge in [-0.15, -0.1) is 11.8 Å². The molecule has 1 aromatic carbocycles. The number of hydrogen-bond donors (Lipinski definition) is 1. The molecule has 0 bridgehead atoms. The van der Waals surface area contributed by atoms with E-state index in [1.54, 1.807) is 6.07 Å². The van der Waals surface area contributed by atoms with Crippen molar-refractivity contribution in [2.75, 3.05) is 5.75 Å². The zero-order chi connectivity index (χ0) is 17.1. The van der Waals surface area contributed by atoms with Gasteiger partial charge in [0.1, 0.15) is 11.5 Å². The molecule has 3 rings (SSSR count). The minimum atomic E-state index is -0.355. The zero-order valence-corrected chi connectivity index (χ0v) is 14.1. The van der Waals surface area contributed by atoms with E-state index in [-0.39, 0.29) is 29.0 Å². The number of carbonyl (C=O) groups is 1. The molecule has 1 aliphatic rings. The molecule has 2 heterocycles. The van der Waals surface area contributed by atoms with Crippen molar-refractivity contribution in [1.82, 2.24) is 15.1 Å². The van der Waals surface area contributed by atoms with Gasteiger partial charge in [-0.3, -0.25) is 9.59 Å². The summed E-state index contributed by atoms with van der Waals surface area (Å²) in [7, 11) is 0. The Hall–Kier alpha value is -2.15. The highest BCUT2D eigenvalue weighted by molar-refractivity contribution is 7.99. The Morgan fingerprint density at radius 1 is 1.42 bits per heavy atom. The van der Waals surface area contributed by atoms with E-state index in [0.717, 1.165) is 24.2 Å². The maximum absolute atomic E-state index is 13.9. The fraction of sp³-hybridized carbons (Fsp3) is 0.353. The summed E-state index contributed by atoms with van der Waals surface area (Å²) in [4.78, 5) is 24.8. The molecular weight excluding hydrogens is 329 g/mol.